The van der Waals surface area contributed by atoms with E-state index in [0.717, 1.165) is 16.8 Å². The predicted octanol–water partition coefficient (Wildman–Crippen LogP) is 1.25. The average Bonchev–Trinajstić information content (AvgIpc) is 2.54. The maximum Gasteiger partial charge on any atom is 0.212 e. The van der Waals surface area contributed by atoms with Gasteiger partial charge in [-0.05, 0) is 19.2 Å². The molecule has 1 unspecified atom stereocenters. The van der Waals surface area contributed by atoms with Gasteiger partial charge in [0.05, 0.1) is 7.11 Å². The Morgan fingerprint density at radius 3 is 2.71 bits per heavy atom. The summed E-state index contributed by atoms with van der Waals surface area (Å²) in [4.78, 5) is 8.86. The van der Waals surface area contributed by atoms with Gasteiger partial charge in [0.2, 0.25) is 5.88 Å². The summed E-state index contributed by atoms with van der Waals surface area (Å²) in [6, 6.07) is 11.7. The van der Waals surface area contributed by atoms with Gasteiger partial charge in [-0.3, -0.25) is 5.32 Å². The zero-order chi connectivity index (χ0) is 14.9. The largest absolute Gasteiger partial charge is 0.481 e. The minimum Gasteiger partial charge on any atom is -0.481 e. The van der Waals surface area contributed by atoms with Crippen molar-refractivity contribution in [3.05, 3.63) is 53.7 Å². The lowest BCUT2D eigenvalue weighted by molar-refractivity contribution is 0.395. The second-order valence-electron chi connectivity index (χ2n) is 4.72. The molecule has 2 aromatic rings. The maximum absolute atomic E-state index is 5.95. The first-order chi connectivity index (χ1) is 10.2. The van der Waals surface area contributed by atoms with Crippen LogP contribution in [0.15, 0.2) is 47.6 Å². The van der Waals surface area contributed by atoms with Gasteiger partial charge in [-0.15, -0.1) is 0 Å². The minimum atomic E-state index is -0.759. The van der Waals surface area contributed by atoms with Gasteiger partial charge in [-0.25, -0.2) is 9.98 Å². The summed E-state index contributed by atoms with van der Waals surface area (Å²) in [6.07, 6.45) is 1.74. The molecule has 0 amide bonds. The van der Waals surface area contributed by atoms with E-state index in [2.05, 4.69) is 20.6 Å². The molecule has 1 aromatic carbocycles. The number of aromatic nitrogens is 1. The first kappa shape index (κ1) is 13.4. The van der Waals surface area contributed by atoms with E-state index in [1.54, 1.807) is 13.3 Å². The topological polar surface area (TPSA) is 84.6 Å². The van der Waals surface area contributed by atoms with Crippen molar-refractivity contribution in [3.63, 3.8) is 0 Å². The van der Waals surface area contributed by atoms with E-state index in [4.69, 9.17) is 10.5 Å². The van der Waals surface area contributed by atoms with Gasteiger partial charge in [0.25, 0.3) is 0 Å². The smallest absolute Gasteiger partial charge is 0.212 e. The second-order valence-corrected chi connectivity index (χ2v) is 4.72. The number of guanidine groups is 1. The number of rotatable bonds is 3. The van der Waals surface area contributed by atoms with Crippen LogP contribution in [0, 0.1) is 0 Å². The highest BCUT2D eigenvalue weighted by atomic mass is 16.5. The molecule has 6 nitrogen and oxygen atoms in total. The Bertz CT molecular complexity index is 683. The lowest BCUT2D eigenvalue weighted by Gasteiger charge is -2.35. The number of anilines is 1. The van der Waals surface area contributed by atoms with Crippen molar-refractivity contribution in [2.75, 3.05) is 19.5 Å². The molecule has 108 valence electrons. The molecule has 0 saturated carbocycles. The molecule has 1 aliphatic heterocycles. The molecular weight excluding hydrogens is 266 g/mol. The molecular formula is C15H17N5O. The third kappa shape index (κ3) is 2.09. The summed E-state index contributed by atoms with van der Waals surface area (Å²) >= 11 is 0. The average molecular weight is 283 g/mol. The molecule has 0 aliphatic carbocycles. The lowest BCUT2D eigenvalue weighted by Crippen LogP contribution is -2.46. The van der Waals surface area contributed by atoms with Gasteiger partial charge in [0.15, 0.2) is 11.6 Å². The summed E-state index contributed by atoms with van der Waals surface area (Å²) in [5.74, 6) is 0.919. The highest BCUT2D eigenvalue weighted by molar-refractivity contribution is 5.96. The number of pyridine rings is 1. The first-order valence-corrected chi connectivity index (χ1v) is 6.61. The van der Waals surface area contributed by atoms with Crippen LogP contribution in [0.1, 0.15) is 11.1 Å². The van der Waals surface area contributed by atoms with Gasteiger partial charge >= 0.3 is 0 Å². The van der Waals surface area contributed by atoms with Crippen LogP contribution in [-0.2, 0) is 5.66 Å². The van der Waals surface area contributed by atoms with Gasteiger partial charge in [0, 0.05) is 29.1 Å². The van der Waals surface area contributed by atoms with E-state index in [-0.39, 0.29) is 0 Å². The van der Waals surface area contributed by atoms with Crippen LogP contribution in [0.2, 0.25) is 0 Å². The van der Waals surface area contributed by atoms with Gasteiger partial charge < -0.3 is 15.8 Å². The van der Waals surface area contributed by atoms with E-state index >= 15 is 0 Å². The van der Waals surface area contributed by atoms with Crippen LogP contribution in [0.3, 0.4) is 0 Å². The summed E-state index contributed by atoms with van der Waals surface area (Å²) in [6.45, 7) is 0. The van der Waals surface area contributed by atoms with Gasteiger partial charge in [0.1, 0.15) is 0 Å². The number of benzene rings is 1. The van der Waals surface area contributed by atoms with E-state index < -0.39 is 5.66 Å². The first-order valence-electron chi connectivity index (χ1n) is 6.61. The molecule has 0 fully saturated rings. The second kappa shape index (κ2) is 5.06. The zero-order valence-corrected chi connectivity index (χ0v) is 11.9. The Morgan fingerprint density at radius 1 is 1.24 bits per heavy atom. The Hall–Kier alpha value is -2.60. The van der Waals surface area contributed by atoms with Crippen LogP contribution in [0.25, 0.3) is 0 Å². The maximum atomic E-state index is 5.95. The van der Waals surface area contributed by atoms with Crippen molar-refractivity contribution in [2.24, 2.45) is 10.7 Å². The fourth-order valence-corrected chi connectivity index (χ4v) is 2.58. The Kier molecular flexibility index (Phi) is 3.23. The summed E-state index contributed by atoms with van der Waals surface area (Å²) in [7, 11) is 3.44. The predicted molar refractivity (Wildman–Crippen MR) is 82.3 cm³/mol. The van der Waals surface area contributed by atoms with Crippen LogP contribution >= 0.6 is 0 Å². The molecule has 1 aromatic heterocycles. The highest BCUT2D eigenvalue weighted by Crippen LogP contribution is 2.37. The lowest BCUT2D eigenvalue weighted by atomic mass is 9.90. The molecule has 21 heavy (non-hydrogen) atoms. The molecule has 1 atom stereocenters. The molecule has 2 heterocycles. The number of fused-ring (bicyclic) bond motifs is 1. The number of para-hydroxylation sites is 1. The third-order valence-corrected chi connectivity index (χ3v) is 3.59. The van der Waals surface area contributed by atoms with Gasteiger partial charge in [-0.2, -0.15) is 0 Å². The van der Waals surface area contributed by atoms with Crippen molar-refractivity contribution in [2.45, 2.75) is 5.66 Å². The summed E-state index contributed by atoms with van der Waals surface area (Å²) in [5, 5.41) is 6.35. The number of hydrogen-bond acceptors (Lipinski definition) is 6. The minimum absolute atomic E-state index is 0.360. The number of nitrogens with two attached hydrogens (primary N) is 1. The van der Waals surface area contributed by atoms with Crippen molar-refractivity contribution in [1.82, 2.24) is 10.3 Å². The number of aliphatic imine (C=N–C) groups is 1. The molecule has 0 spiro atoms. The quantitative estimate of drug-likeness (QED) is 0.789. The Balaban J connectivity index is 2.19. The van der Waals surface area contributed by atoms with E-state index in [1.165, 1.54) is 0 Å². The SMILES string of the molecule is CNC1(c2ccc(OC)nc2)N=C(N)Nc2ccccc21. The Labute approximate surface area is 123 Å². The number of hydrogen-bond donors (Lipinski definition) is 3. The van der Waals surface area contributed by atoms with Crippen molar-refractivity contribution in [3.8, 4) is 5.88 Å². The Morgan fingerprint density at radius 2 is 2.05 bits per heavy atom. The standard InChI is InChI=1S/C15H17N5O/c1-17-15(10-7-8-13(21-2)18-9-10)11-5-3-4-6-12(11)19-14(16)20-15/h3-9,17H,1-2H3,(H3,16,19,20). The number of nitrogens with one attached hydrogen (secondary N) is 2. The fourth-order valence-electron chi connectivity index (χ4n) is 2.58. The van der Waals surface area contributed by atoms with Gasteiger partial charge in [-0.1, -0.05) is 18.2 Å². The molecule has 0 saturated heterocycles. The molecule has 1 aliphatic rings. The van der Waals surface area contributed by atoms with Crippen LogP contribution < -0.4 is 21.1 Å². The molecule has 0 radical (unpaired) electrons. The number of nitrogens with zero attached hydrogens (tertiary/aromatic N) is 2. The van der Waals surface area contributed by atoms with E-state index in [9.17, 15) is 0 Å². The van der Waals surface area contributed by atoms with E-state index in [0.29, 0.717) is 11.8 Å². The van der Waals surface area contributed by atoms with Crippen molar-refractivity contribution in [1.29, 1.82) is 0 Å². The fraction of sp³-hybridized carbons (Fsp3) is 0.200. The van der Waals surface area contributed by atoms with Crippen LogP contribution in [-0.4, -0.2) is 25.1 Å². The highest BCUT2D eigenvalue weighted by Gasteiger charge is 2.37. The molecule has 4 N–H and O–H groups in total. The van der Waals surface area contributed by atoms with E-state index in [1.807, 2.05) is 43.4 Å². The molecule has 6 heteroatoms. The summed E-state index contributed by atoms with van der Waals surface area (Å²) in [5.41, 5.74) is 8.00. The third-order valence-electron chi connectivity index (χ3n) is 3.59. The monoisotopic (exact) mass is 283 g/mol. The van der Waals surface area contributed by atoms with Crippen molar-refractivity contribution < 1.29 is 4.74 Å². The molecule has 3 rings (SSSR count). The number of methoxy groups -OCH3 is 1. The molecule has 0 bridgehead atoms. The summed E-state index contributed by atoms with van der Waals surface area (Å²) < 4.78 is 5.11. The van der Waals surface area contributed by atoms with Crippen LogP contribution in [0.4, 0.5) is 5.69 Å². The number of ether oxygens (including phenoxy) is 1. The van der Waals surface area contributed by atoms with Crippen LogP contribution in [0.5, 0.6) is 5.88 Å². The van der Waals surface area contributed by atoms with Crippen molar-refractivity contribution >= 4 is 11.6 Å². The zero-order valence-electron chi connectivity index (χ0n) is 11.9. The normalized spacial score (nSPS) is 20.2.